The predicted molar refractivity (Wildman–Crippen MR) is 97.8 cm³/mol. The zero-order valence-electron chi connectivity index (χ0n) is 14.6. The molecule has 0 aromatic carbocycles. The van der Waals surface area contributed by atoms with Crippen molar-refractivity contribution in [3.63, 3.8) is 0 Å². The van der Waals surface area contributed by atoms with Crippen LogP contribution in [0.25, 0.3) is 5.65 Å². The quantitative estimate of drug-likeness (QED) is 0.744. The molecule has 4 nitrogen and oxygen atoms in total. The first-order valence-corrected chi connectivity index (χ1v) is 9.08. The summed E-state index contributed by atoms with van der Waals surface area (Å²) in [5.74, 6) is 0.956. The molecule has 126 valence electrons. The SMILES string of the molecule is CCc1nc2ccc(Br)cn2c1C(=O)N(CC(C)C)CC(C)C. The lowest BCUT2D eigenvalue weighted by molar-refractivity contribution is 0.0707. The fraction of sp³-hybridized carbons (Fsp3) is 0.556. The van der Waals surface area contributed by atoms with Crippen LogP contribution in [0.4, 0.5) is 0 Å². The van der Waals surface area contributed by atoms with Crippen molar-refractivity contribution in [2.45, 2.75) is 41.0 Å². The molecule has 0 bridgehead atoms. The van der Waals surface area contributed by atoms with E-state index < -0.39 is 0 Å². The van der Waals surface area contributed by atoms with Gasteiger partial charge in [0.25, 0.3) is 5.91 Å². The Labute approximate surface area is 147 Å². The Kier molecular flexibility index (Phi) is 5.84. The number of rotatable bonds is 6. The Morgan fingerprint density at radius 3 is 2.35 bits per heavy atom. The third-order valence-electron chi connectivity index (χ3n) is 3.65. The number of aromatic nitrogens is 2. The third-order valence-corrected chi connectivity index (χ3v) is 4.12. The fourth-order valence-electron chi connectivity index (χ4n) is 2.81. The summed E-state index contributed by atoms with van der Waals surface area (Å²) in [4.78, 5) is 19.8. The number of pyridine rings is 1. The molecule has 2 heterocycles. The Bertz CT molecular complexity index is 681. The summed E-state index contributed by atoms with van der Waals surface area (Å²) in [5, 5.41) is 0. The maximum absolute atomic E-state index is 13.2. The van der Waals surface area contributed by atoms with Crippen molar-refractivity contribution in [3.8, 4) is 0 Å². The van der Waals surface area contributed by atoms with Crippen molar-refractivity contribution in [2.24, 2.45) is 11.8 Å². The van der Waals surface area contributed by atoms with Crippen LogP contribution in [0.15, 0.2) is 22.8 Å². The molecule has 2 rings (SSSR count). The molecular weight excluding hydrogens is 354 g/mol. The first-order valence-electron chi connectivity index (χ1n) is 8.29. The highest BCUT2D eigenvalue weighted by molar-refractivity contribution is 9.10. The summed E-state index contributed by atoms with van der Waals surface area (Å²) >= 11 is 3.49. The Balaban J connectivity index is 2.50. The molecule has 0 N–H and O–H groups in total. The van der Waals surface area contributed by atoms with Gasteiger partial charge in [-0.3, -0.25) is 9.20 Å². The smallest absolute Gasteiger partial charge is 0.272 e. The molecule has 2 aromatic heterocycles. The standard InChI is InChI=1S/C18H26BrN3O/c1-6-15-17(22-11-14(19)7-8-16(22)20-15)18(23)21(9-12(2)3)10-13(4)5/h7-8,11-13H,6,9-10H2,1-5H3. The molecule has 0 saturated heterocycles. The number of imidazole rings is 1. The highest BCUT2D eigenvalue weighted by atomic mass is 79.9. The molecule has 0 radical (unpaired) electrons. The van der Waals surface area contributed by atoms with Crippen molar-refractivity contribution in [2.75, 3.05) is 13.1 Å². The van der Waals surface area contributed by atoms with E-state index in [4.69, 9.17) is 0 Å². The van der Waals surface area contributed by atoms with Crippen LogP contribution in [0.2, 0.25) is 0 Å². The average molecular weight is 380 g/mol. The van der Waals surface area contributed by atoms with Crippen LogP contribution in [0.5, 0.6) is 0 Å². The van der Waals surface area contributed by atoms with Crippen molar-refractivity contribution in [1.29, 1.82) is 0 Å². The summed E-state index contributed by atoms with van der Waals surface area (Å²) in [6.07, 6.45) is 2.68. The summed E-state index contributed by atoms with van der Waals surface area (Å²) in [6, 6.07) is 3.89. The predicted octanol–water partition coefficient (Wildman–Crippen LogP) is 4.41. The van der Waals surface area contributed by atoms with Gasteiger partial charge in [0, 0.05) is 23.8 Å². The van der Waals surface area contributed by atoms with Crippen LogP contribution in [0, 0.1) is 11.8 Å². The zero-order valence-corrected chi connectivity index (χ0v) is 16.2. The maximum atomic E-state index is 13.2. The largest absolute Gasteiger partial charge is 0.337 e. The minimum atomic E-state index is 0.0786. The lowest BCUT2D eigenvalue weighted by Crippen LogP contribution is -2.38. The van der Waals surface area contributed by atoms with Gasteiger partial charge in [0.1, 0.15) is 11.3 Å². The maximum Gasteiger partial charge on any atom is 0.272 e. The van der Waals surface area contributed by atoms with E-state index in [1.54, 1.807) is 0 Å². The number of hydrogen-bond donors (Lipinski definition) is 0. The van der Waals surface area contributed by atoms with Crippen molar-refractivity contribution in [1.82, 2.24) is 14.3 Å². The molecule has 0 saturated carbocycles. The average Bonchev–Trinajstić information content (AvgIpc) is 2.82. The fourth-order valence-corrected chi connectivity index (χ4v) is 3.15. The number of fused-ring (bicyclic) bond motifs is 1. The van der Waals surface area contributed by atoms with Gasteiger partial charge in [0.05, 0.1) is 5.69 Å². The molecule has 23 heavy (non-hydrogen) atoms. The minimum Gasteiger partial charge on any atom is -0.337 e. The van der Waals surface area contributed by atoms with Gasteiger partial charge in [-0.15, -0.1) is 0 Å². The normalized spacial score (nSPS) is 11.7. The lowest BCUT2D eigenvalue weighted by Gasteiger charge is -2.26. The highest BCUT2D eigenvalue weighted by Gasteiger charge is 2.24. The second kappa shape index (κ2) is 7.47. The molecule has 0 aliphatic carbocycles. The summed E-state index contributed by atoms with van der Waals surface area (Å²) < 4.78 is 2.86. The number of carbonyl (C=O) groups excluding carboxylic acids is 1. The van der Waals surface area contributed by atoms with E-state index >= 15 is 0 Å². The van der Waals surface area contributed by atoms with Crippen molar-refractivity contribution >= 4 is 27.5 Å². The molecule has 5 heteroatoms. The van der Waals surface area contributed by atoms with Gasteiger partial charge < -0.3 is 4.90 Å². The van der Waals surface area contributed by atoms with Gasteiger partial charge in [-0.1, -0.05) is 34.6 Å². The van der Waals surface area contributed by atoms with E-state index in [-0.39, 0.29) is 5.91 Å². The first kappa shape index (κ1) is 18.0. The summed E-state index contributed by atoms with van der Waals surface area (Å²) in [5.41, 5.74) is 2.39. The number of amides is 1. The Morgan fingerprint density at radius 1 is 1.22 bits per heavy atom. The Hall–Kier alpha value is -1.36. The van der Waals surface area contributed by atoms with E-state index in [0.29, 0.717) is 17.5 Å². The third kappa shape index (κ3) is 4.14. The highest BCUT2D eigenvalue weighted by Crippen LogP contribution is 2.20. The van der Waals surface area contributed by atoms with E-state index in [1.807, 2.05) is 34.6 Å². The van der Waals surface area contributed by atoms with Crippen LogP contribution >= 0.6 is 15.9 Å². The van der Waals surface area contributed by atoms with E-state index in [0.717, 1.165) is 35.3 Å². The summed E-state index contributed by atoms with van der Waals surface area (Å²) in [7, 11) is 0. The van der Waals surface area contributed by atoms with Crippen molar-refractivity contribution in [3.05, 3.63) is 34.2 Å². The zero-order chi connectivity index (χ0) is 17.1. The molecule has 0 aliphatic rings. The van der Waals surface area contributed by atoms with Gasteiger partial charge in [-0.05, 0) is 46.3 Å². The van der Waals surface area contributed by atoms with Crippen LogP contribution < -0.4 is 0 Å². The van der Waals surface area contributed by atoms with Gasteiger partial charge in [-0.2, -0.15) is 0 Å². The molecular formula is C18H26BrN3O. The van der Waals surface area contributed by atoms with E-state index in [1.165, 1.54) is 0 Å². The van der Waals surface area contributed by atoms with E-state index in [9.17, 15) is 4.79 Å². The number of hydrogen-bond acceptors (Lipinski definition) is 2. The van der Waals surface area contributed by atoms with E-state index in [2.05, 4.69) is 48.6 Å². The molecule has 0 fully saturated rings. The molecule has 0 unspecified atom stereocenters. The monoisotopic (exact) mass is 379 g/mol. The molecule has 0 aliphatic heterocycles. The van der Waals surface area contributed by atoms with Crippen LogP contribution in [0.1, 0.15) is 50.8 Å². The van der Waals surface area contributed by atoms with Crippen LogP contribution in [-0.2, 0) is 6.42 Å². The Morgan fingerprint density at radius 2 is 1.83 bits per heavy atom. The topological polar surface area (TPSA) is 37.6 Å². The first-order chi connectivity index (χ1) is 10.8. The number of halogens is 1. The second-order valence-electron chi connectivity index (χ2n) is 6.83. The van der Waals surface area contributed by atoms with Gasteiger partial charge in [-0.25, -0.2) is 4.98 Å². The molecule has 2 aromatic rings. The minimum absolute atomic E-state index is 0.0786. The number of nitrogens with zero attached hydrogens (tertiary/aromatic N) is 3. The van der Waals surface area contributed by atoms with Crippen LogP contribution in [0.3, 0.4) is 0 Å². The number of carbonyl (C=O) groups is 1. The van der Waals surface area contributed by atoms with Gasteiger partial charge >= 0.3 is 0 Å². The number of aryl methyl sites for hydroxylation is 1. The summed E-state index contributed by atoms with van der Waals surface area (Å²) in [6.45, 7) is 12.2. The molecule has 0 atom stereocenters. The molecule has 1 amide bonds. The molecule has 0 spiro atoms. The van der Waals surface area contributed by atoms with Gasteiger partial charge in [0.15, 0.2) is 0 Å². The van der Waals surface area contributed by atoms with Crippen molar-refractivity contribution < 1.29 is 4.79 Å². The van der Waals surface area contributed by atoms with Crippen LogP contribution in [-0.4, -0.2) is 33.3 Å². The van der Waals surface area contributed by atoms with Gasteiger partial charge in [0.2, 0.25) is 0 Å². The lowest BCUT2D eigenvalue weighted by atomic mass is 10.1. The second-order valence-corrected chi connectivity index (χ2v) is 7.75.